The highest BCUT2D eigenvalue weighted by molar-refractivity contribution is 5.97. The van der Waals surface area contributed by atoms with E-state index in [0.29, 0.717) is 12.0 Å². The number of hydrogen-bond acceptors (Lipinski definition) is 3. The van der Waals surface area contributed by atoms with E-state index in [2.05, 4.69) is 0 Å². The van der Waals surface area contributed by atoms with Gasteiger partial charge >= 0.3 is 5.97 Å². The Bertz CT molecular complexity index is 658. The van der Waals surface area contributed by atoms with Crippen LogP contribution in [0.4, 0.5) is 0 Å². The van der Waals surface area contributed by atoms with Gasteiger partial charge in [0.2, 0.25) is 0 Å². The molecule has 0 unspecified atom stereocenters. The van der Waals surface area contributed by atoms with Crippen molar-refractivity contribution in [3.05, 3.63) is 83.6 Å². The summed E-state index contributed by atoms with van der Waals surface area (Å²) in [6.45, 7) is 1.40. The Kier molecular flexibility index (Phi) is 5.66. The summed E-state index contributed by atoms with van der Waals surface area (Å²) >= 11 is 0. The molecular formula is C19H18O3. The first kappa shape index (κ1) is 15.7. The van der Waals surface area contributed by atoms with E-state index in [4.69, 9.17) is 4.74 Å². The number of carbonyl (C=O) groups excluding carboxylic acids is 2. The van der Waals surface area contributed by atoms with E-state index in [-0.39, 0.29) is 11.5 Å². The standard InChI is InChI=1S/C19H18O3/c1-15(20)18(14-8-11-16-9-4-2-5-10-16)22-19(21)17-12-6-3-7-13-17/h2-7,9-10,12-14H,8,11H2,1H3/b18-14+. The van der Waals surface area contributed by atoms with E-state index in [1.807, 2.05) is 36.4 Å². The number of allylic oxidation sites excluding steroid dienone is 2. The molecule has 2 aromatic carbocycles. The van der Waals surface area contributed by atoms with Crippen molar-refractivity contribution in [2.75, 3.05) is 0 Å². The molecular weight excluding hydrogens is 276 g/mol. The van der Waals surface area contributed by atoms with Gasteiger partial charge < -0.3 is 4.74 Å². The van der Waals surface area contributed by atoms with Crippen LogP contribution < -0.4 is 0 Å². The van der Waals surface area contributed by atoms with Gasteiger partial charge in [0, 0.05) is 6.92 Å². The maximum atomic E-state index is 12.0. The molecule has 0 amide bonds. The monoisotopic (exact) mass is 294 g/mol. The van der Waals surface area contributed by atoms with E-state index in [1.165, 1.54) is 12.5 Å². The van der Waals surface area contributed by atoms with Gasteiger partial charge in [-0.2, -0.15) is 0 Å². The van der Waals surface area contributed by atoms with E-state index < -0.39 is 5.97 Å². The lowest BCUT2D eigenvalue weighted by atomic mass is 10.1. The normalized spacial score (nSPS) is 11.0. The fraction of sp³-hybridized carbons (Fsp3) is 0.158. The van der Waals surface area contributed by atoms with Crippen molar-refractivity contribution in [3.8, 4) is 0 Å². The Morgan fingerprint density at radius 2 is 1.55 bits per heavy atom. The molecule has 0 heterocycles. The van der Waals surface area contributed by atoms with Gasteiger partial charge in [-0.15, -0.1) is 0 Å². The Balaban J connectivity index is 1.99. The molecule has 2 rings (SSSR count). The molecule has 0 saturated carbocycles. The second-order valence-electron chi connectivity index (χ2n) is 4.90. The number of rotatable bonds is 6. The van der Waals surface area contributed by atoms with Crippen LogP contribution in [0.5, 0.6) is 0 Å². The predicted octanol–water partition coefficient (Wildman–Crippen LogP) is 3.95. The minimum absolute atomic E-state index is 0.102. The van der Waals surface area contributed by atoms with Crippen molar-refractivity contribution >= 4 is 11.8 Å². The number of carbonyl (C=O) groups is 2. The molecule has 3 nitrogen and oxygen atoms in total. The van der Waals surface area contributed by atoms with Gasteiger partial charge in [-0.3, -0.25) is 4.79 Å². The summed E-state index contributed by atoms with van der Waals surface area (Å²) in [5.41, 5.74) is 1.61. The number of ketones is 1. The van der Waals surface area contributed by atoms with Gasteiger partial charge in [-0.05, 0) is 36.6 Å². The molecule has 0 bridgehead atoms. The van der Waals surface area contributed by atoms with E-state index in [1.54, 1.807) is 30.3 Å². The molecule has 2 aromatic rings. The van der Waals surface area contributed by atoms with Gasteiger partial charge in [0.05, 0.1) is 5.56 Å². The number of Topliss-reactive ketones (excluding diaryl/α,β-unsaturated/α-hetero) is 1. The highest BCUT2D eigenvalue weighted by Gasteiger charge is 2.12. The van der Waals surface area contributed by atoms with Crippen LogP contribution in [0.2, 0.25) is 0 Å². The first-order valence-corrected chi connectivity index (χ1v) is 7.19. The second kappa shape index (κ2) is 7.93. The summed E-state index contributed by atoms with van der Waals surface area (Å²) in [5, 5.41) is 0. The average Bonchev–Trinajstić information content (AvgIpc) is 2.55. The van der Waals surface area contributed by atoms with Crippen molar-refractivity contribution in [1.29, 1.82) is 0 Å². The Morgan fingerprint density at radius 3 is 2.14 bits per heavy atom. The molecule has 0 aliphatic heterocycles. The predicted molar refractivity (Wildman–Crippen MR) is 85.4 cm³/mol. The summed E-state index contributed by atoms with van der Waals surface area (Å²) < 4.78 is 5.21. The summed E-state index contributed by atoms with van der Waals surface area (Å²) in [5.74, 6) is -0.663. The summed E-state index contributed by atoms with van der Waals surface area (Å²) in [7, 11) is 0. The van der Waals surface area contributed by atoms with Crippen LogP contribution in [0.15, 0.2) is 72.5 Å². The molecule has 112 valence electrons. The molecule has 0 spiro atoms. The number of hydrogen-bond donors (Lipinski definition) is 0. The van der Waals surface area contributed by atoms with Gasteiger partial charge in [-0.1, -0.05) is 48.5 Å². The Hall–Kier alpha value is -2.68. The zero-order valence-electron chi connectivity index (χ0n) is 12.5. The third-order valence-electron chi connectivity index (χ3n) is 3.16. The van der Waals surface area contributed by atoms with Crippen LogP contribution in [0.1, 0.15) is 29.3 Å². The second-order valence-corrected chi connectivity index (χ2v) is 4.90. The smallest absolute Gasteiger partial charge is 0.343 e. The lowest BCUT2D eigenvalue weighted by molar-refractivity contribution is -0.116. The highest BCUT2D eigenvalue weighted by atomic mass is 16.5. The molecule has 0 aliphatic carbocycles. The van der Waals surface area contributed by atoms with Crippen LogP contribution in [-0.4, -0.2) is 11.8 Å². The fourth-order valence-corrected chi connectivity index (χ4v) is 2.00. The molecule has 0 fully saturated rings. The zero-order valence-corrected chi connectivity index (χ0v) is 12.5. The molecule has 0 radical (unpaired) electrons. The topological polar surface area (TPSA) is 43.4 Å². The van der Waals surface area contributed by atoms with Crippen molar-refractivity contribution in [2.24, 2.45) is 0 Å². The number of aryl methyl sites for hydroxylation is 1. The molecule has 0 aliphatic rings. The van der Waals surface area contributed by atoms with Crippen molar-refractivity contribution < 1.29 is 14.3 Å². The van der Waals surface area contributed by atoms with Gasteiger partial charge in [0.1, 0.15) is 0 Å². The SMILES string of the molecule is CC(=O)/C(=C\CCc1ccccc1)OC(=O)c1ccccc1. The van der Waals surface area contributed by atoms with E-state index in [9.17, 15) is 9.59 Å². The lowest BCUT2D eigenvalue weighted by Crippen LogP contribution is -2.10. The molecule has 0 N–H and O–H groups in total. The lowest BCUT2D eigenvalue weighted by Gasteiger charge is -2.06. The number of ether oxygens (including phenoxy) is 1. The van der Waals surface area contributed by atoms with Crippen LogP contribution in [0.25, 0.3) is 0 Å². The fourth-order valence-electron chi connectivity index (χ4n) is 2.00. The maximum Gasteiger partial charge on any atom is 0.343 e. The van der Waals surface area contributed by atoms with Crippen molar-refractivity contribution in [1.82, 2.24) is 0 Å². The number of benzene rings is 2. The Labute approximate surface area is 130 Å². The largest absolute Gasteiger partial charge is 0.419 e. The summed E-state index contributed by atoms with van der Waals surface area (Å²) in [4.78, 5) is 23.6. The molecule has 22 heavy (non-hydrogen) atoms. The maximum absolute atomic E-state index is 12.0. The van der Waals surface area contributed by atoms with E-state index >= 15 is 0 Å². The first-order valence-electron chi connectivity index (χ1n) is 7.19. The minimum atomic E-state index is -0.512. The minimum Gasteiger partial charge on any atom is -0.419 e. The third-order valence-corrected chi connectivity index (χ3v) is 3.16. The first-order chi connectivity index (χ1) is 10.7. The van der Waals surface area contributed by atoms with Gasteiger partial charge in [0.25, 0.3) is 0 Å². The van der Waals surface area contributed by atoms with Crippen LogP contribution in [0.3, 0.4) is 0 Å². The average molecular weight is 294 g/mol. The molecule has 0 aromatic heterocycles. The number of esters is 1. The highest BCUT2D eigenvalue weighted by Crippen LogP contribution is 2.10. The van der Waals surface area contributed by atoms with Crippen LogP contribution in [0, 0.1) is 0 Å². The summed E-state index contributed by atoms with van der Waals surface area (Å²) in [6, 6.07) is 18.6. The zero-order chi connectivity index (χ0) is 15.8. The van der Waals surface area contributed by atoms with Crippen LogP contribution in [-0.2, 0) is 16.0 Å². The molecule has 0 atom stereocenters. The Morgan fingerprint density at radius 1 is 0.955 bits per heavy atom. The molecule has 3 heteroatoms. The van der Waals surface area contributed by atoms with Crippen LogP contribution >= 0.6 is 0 Å². The van der Waals surface area contributed by atoms with E-state index in [0.717, 1.165) is 6.42 Å². The van der Waals surface area contributed by atoms with Crippen molar-refractivity contribution in [2.45, 2.75) is 19.8 Å². The third kappa shape index (κ3) is 4.70. The van der Waals surface area contributed by atoms with Crippen molar-refractivity contribution in [3.63, 3.8) is 0 Å². The molecule has 0 saturated heterocycles. The van der Waals surface area contributed by atoms with Gasteiger partial charge in [-0.25, -0.2) is 4.79 Å². The summed E-state index contributed by atoms with van der Waals surface area (Å²) in [6.07, 6.45) is 3.11. The quantitative estimate of drug-likeness (QED) is 0.460. The van der Waals surface area contributed by atoms with Gasteiger partial charge in [0.15, 0.2) is 11.5 Å².